The fourth-order valence-electron chi connectivity index (χ4n) is 3.93. The minimum Gasteiger partial charge on any atom is -0.355 e. The van der Waals surface area contributed by atoms with E-state index in [4.69, 9.17) is 34.8 Å². The van der Waals surface area contributed by atoms with Crippen LogP contribution in [0.2, 0.25) is 15.3 Å². The zero-order chi connectivity index (χ0) is 24.6. The first-order chi connectivity index (χ1) is 16.8. The summed E-state index contributed by atoms with van der Waals surface area (Å²) >= 11 is 18.1. The predicted octanol–water partition coefficient (Wildman–Crippen LogP) is 5.24. The predicted molar refractivity (Wildman–Crippen MR) is 140 cm³/mol. The number of benzene rings is 2. The zero-order valence-electron chi connectivity index (χ0n) is 18.2. The molecule has 0 spiro atoms. The number of rotatable bonds is 5. The Balaban J connectivity index is 1.29. The maximum Gasteiger partial charge on any atom is 0.243 e. The van der Waals surface area contributed by atoms with Gasteiger partial charge in [0.1, 0.15) is 5.15 Å². The van der Waals surface area contributed by atoms with Crippen molar-refractivity contribution in [2.45, 2.75) is 4.90 Å². The number of aromatic nitrogens is 3. The van der Waals surface area contributed by atoms with Crippen molar-refractivity contribution < 1.29 is 8.42 Å². The van der Waals surface area contributed by atoms with Crippen molar-refractivity contribution in [3.63, 3.8) is 0 Å². The van der Waals surface area contributed by atoms with Gasteiger partial charge >= 0.3 is 0 Å². The molecule has 0 unspecified atom stereocenters. The fourth-order valence-corrected chi connectivity index (χ4v) is 5.86. The number of sulfonamides is 1. The molecule has 4 aromatic rings. The zero-order valence-corrected chi connectivity index (χ0v) is 21.3. The first kappa shape index (κ1) is 24.0. The Labute approximate surface area is 217 Å². The molecule has 1 fully saturated rings. The van der Waals surface area contributed by atoms with E-state index in [1.54, 1.807) is 42.6 Å². The van der Waals surface area contributed by atoms with Crippen molar-refractivity contribution in [2.75, 3.05) is 36.4 Å². The minimum atomic E-state index is -3.66. The number of anilines is 3. The third-order valence-electron chi connectivity index (χ3n) is 5.70. The second-order valence-electron chi connectivity index (χ2n) is 7.87. The molecule has 0 radical (unpaired) electrons. The van der Waals surface area contributed by atoms with E-state index in [0.717, 1.165) is 22.3 Å². The van der Waals surface area contributed by atoms with Gasteiger partial charge in [-0.25, -0.2) is 18.4 Å². The Morgan fingerprint density at radius 1 is 0.886 bits per heavy atom. The number of pyridine rings is 1. The average molecular weight is 550 g/mol. The van der Waals surface area contributed by atoms with Crippen molar-refractivity contribution in [1.29, 1.82) is 0 Å². The van der Waals surface area contributed by atoms with E-state index in [1.165, 1.54) is 10.5 Å². The Bertz CT molecular complexity index is 1490. The van der Waals surface area contributed by atoms with Gasteiger partial charge < -0.3 is 10.2 Å². The molecule has 0 atom stereocenters. The van der Waals surface area contributed by atoms with E-state index in [1.807, 2.05) is 17.0 Å². The third-order valence-corrected chi connectivity index (χ3v) is 8.29. The van der Waals surface area contributed by atoms with Gasteiger partial charge in [-0.05, 0) is 48.5 Å². The summed E-state index contributed by atoms with van der Waals surface area (Å²) in [6.45, 7) is 1.43. The number of halogens is 3. The van der Waals surface area contributed by atoms with E-state index in [9.17, 15) is 8.42 Å². The Morgan fingerprint density at radius 3 is 2.37 bits per heavy atom. The van der Waals surface area contributed by atoms with Gasteiger partial charge in [-0.3, -0.25) is 4.98 Å². The van der Waals surface area contributed by atoms with E-state index in [0.29, 0.717) is 37.0 Å². The molecular weight excluding hydrogens is 531 g/mol. The lowest BCUT2D eigenvalue weighted by molar-refractivity contribution is 0.383. The third kappa shape index (κ3) is 5.00. The van der Waals surface area contributed by atoms with Gasteiger partial charge in [0.25, 0.3) is 0 Å². The SMILES string of the molecule is O=S(=O)(c1ccc(Nc2ccnc3cc(Cl)ccc23)cc1)N1CCN(c2nc(Cl)cnc2Cl)CC1. The molecule has 3 heterocycles. The van der Waals surface area contributed by atoms with Crippen molar-refractivity contribution in [3.8, 4) is 0 Å². The van der Waals surface area contributed by atoms with Crippen LogP contribution in [-0.4, -0.2) is 53.9 Å². The molecule has 0 bridgehead atoms. The van der Waals surface area contributed by atoms with Gasteiger partial charge in [-0.2, -0.15) is 4.31 Å². The van der Waals surface area contributed by atoms with Crippen LogP contribution < -0.4 is 10.2 Å². The van der Waals surface area contributed by atoms with E-state index < -0.39 is 10.0 Å². The van der Waals surface area contributed by atoms with Crippen molar-refractivity contribution >= 4 is 72.9 Å². The molecule has 1 aliphatic heterocycles. The molecule has 8 nitrogen and oxygen atoms in total. The number of hydrogen-bond acceptors (Lipinski definition) is 7. The molecule has 2 aromatic heterocycles. The molecule has 1 saturated heterocycles. The van der Waals surface area contributed by atoms with Crippen LogP contribution in [0.3, 0.4) is 0 Å². The molecule has 0 amide bonds. The van der Waals surface area contributed by atoms with Crippen LogP contribution in [0.4, 0.5) is 17.2 Å². The summed E-state index contributed by atoms with van der Waals surface area (Å²) < 4.78 is 27.9. The smallest absolute Gasteiger partial charge is 0.243 e. The number of hydrogen-bond donors (Lipinski definition) is 1. The molecule has 12 heteroatoms. The summed E-state index contributed by atoms with van der Waals surface area (Å²) in [6.07, 6.45) is 3.07. The molecule has 5 rings (SSSR count). The maximum absolute atomic E-state index is 13.2. The van der Waals surface area contributed by atoms with Crippen molar-refractivity contribution in [3.05, 3.63) is 76.3 Å². The topological polar surface area (TPSA) is 91.3 Å². The first-order valence-corrected chi connectivity index (χ1v) is 13.2. The van der Waals surface area contributed by atoms with Crippen LogP contribution in [0, 0.1) is 0 Å². The lowest BCUT2D eigenvalue weighted by Gasteiger charge is -2.34. The van der Waals surface area contributed by atoms with Crippen LogP contribution in [0.1, 0.15) is 0 Å². The monoisotopic (exact) mass is 548 g/mol. The van der Waals surface area contributed by atoms with Crippen LogP contribution in [-0.2, 0) is 10.0 Å². The standard InChI is InChI=1S/C23H19Cl3N6O2S/c24-15-1-6-18-19(7-8-27-20(18)13-15)29-16-2-4-17(5-3-16)35(33,34)32-11-9-31(10-12-32)23-22(26)28-14-21(25)30-23/h1-8,13-14H,9-12H2,(H,27,29). The lowest BCUT2D eigenvalue weighted by atomic mass is 10.2. The van der Waals surface area contributed by atoms with E-state index >= 15 is 0 Å². The van der Waals surface area contributed by atoms with Gasteiger partial charge in [-0.1, -0.05) is 34.8 Å². The highest BCUT2D eigenvalue weighted by Gasteiger charge is 2.29. The summed E-state index contributed by atoms with van der Waals surface area (Å²) in [5.41, 5.74) is 2.37. The summed E-state index contributed by atoms with van der Waals surface area (Å²) in [6, 6.07) is 14.0. The largest absolute Gasteiger partial charge is 0.355 e. The van der Waals surface area contributed by atoms with Gasteiger partial charge in [0.2, 0.25) is 10.0 Å². The Hall–Kier alpha value is -2.69. The summed E-state index contributed by atoms with van der Waals surface area (Å²) in [5, 5.41) is 5.32. The summed E-state index contributed by atoms with van der Waals surface area (Å²) in [7, 11) is -3.66. The summed E-state index contributed by atoms with van der Waals surface area (Å²) in [5.74, 6) is 0.456. The van der Waals surface area contributed by atoms with Crippen LogP contribution in [0.5, 0.6) is 0 Å². The molecule has 35 heavy (non-hydrogen) atoms. The van der Waals surface area contributed by atoms with Gasteiger partial charge in [0.15, 0.2) is 11.0 Å². The van der Waals surface area contributed by atoms with Gasteiger partial charge in [0, 0.05) is 54.2 Å². The maximum atomic E-state index is 13.2. The Morgan fingerprint density at radius 2 is 1.63 bits per heavy atom. The molecule has 180 valence electrons. The molecule has 1 N–H and O–H groups in total. The highest BCUT2D eigenvalue weighted by atomic mass is 35.5. The highest BCUT2D eigenvalue weighted by molar-refractivity contribution is 7.89. The van der Waals surface area contributed by atoms with Gasteiger partial charge in [-0.15, -0.1) is 0 Å². The normalized spacial score (nSPS) is 14.9. The van der Waals surface area contributed by atoms with E-state index in [2.05, 4.69) is 20.3 Å². The van der Waals surface area contributed by atoms with E-state index in [-0.39, 0.29) is 15.2 Å². The van der Waals surface area contributed by atoms with Crippen LogP contribution >= 0.6 is 34.8 Å². The van der Waals surface area contributed by atoms with Crippen molar-refractivity contribution in [1.82, 2.24) is 19.3 Å². The number of piperazine rings is 1. The first-order valence-electron chi connectivity index (χ1n) is 10.7. The van der Waals surface area contributed by atoms with Gasteiger partial charge in [0.05, 0.1) is 16.6 Å². The molecule has 0 saturated carbocycles. The second-order valence-corrected chi connectivity index (χ2v) is 11.0. The second kappa shape index (κ2) is 9.75. The number of nitrogens with zero attached hydrogens (tertiary/aromatic N) is 5. The average Bonchev–Trinajstić information content (AvgIpc) is 2.86. The van der Waals surface area contributed by atoms with Crippen molar-refractivity contribution in [2.24, 2.45) is 0 Å². The van der Waals surface area contributed by atoms with Crippen LogP contribution in [0.15, 0.2) is 65.8 Å². The molecule has 2 aromatic carbocycles. The summed E-state index contributed by atoms with van der Waals surface area (Å²) in [4.78, 5) is 14.7. The minimum absolute atomic E-state index is 0.225. The molecule has 1 aliphatic rings. The highest BCUT2D eigenvalue weighted by Crippen LogP contribution is 2.29. The fraction of sp³-hybridized carbons (Fsp3) is 0.174. The quantitative estimate of drug-likeness (QED) is 0.364. The van der Waals surface area contributed by atoms with Crippen LogP contribution in [0.25, 0.3) is 10.9 Å². The lowest BCUT2D eigenvalue weighted by Crippen LogP contribution is -2.49. The Kier molecular flexibility index (Phi) is 6.69. The molecular formula is C23H19Cl3N6O2S. The number of fused-ring (bicyclic) bond motifs is 1. The molecule has 0 aliphatic carbocycles. The number of nitrogens with one attached hydrogen (secondary N) is 1.